The molecule has 0 spiro atoms. The number of aliphatic hydroxyl groups is 1. The lowest BCUT2D eigenvalue weighted by atomic mass is 10.0. The van der Waals surface area contributed by atoms with E-state index in [9.17, 15) is 19.4 Å². The summed E-state index contributed by atoms with van der Waals surface area (Å²) in [5.74, 6) is -0.176. The van der Waals surface area contributed by atoms with E-state index in [0.717, 1.165) is 96.3 Å². The number of nitrogens with one attached hydrogen (secondary N) is 1. The van der Waals surface area contributed by atoms with Gasteiger partial charge in [0.2, 0.25) is 5.91 Å². The molecule has 75 heavy (non-hydrogen) atoms. The third kappa shape index (κ3) is 59.2. The van der Waals surface area contributed by atoms with Crippen LogP contribution in [0.15, 0.2) is 85.1 Å². The van der Waals surface area contributed by atoms with E-state index in [1.165, 1.54) is 154 Å². The van der Waals surface area contributed by atoms with Crippen LogP contribution >= 0.6 is 7.82 Å². The van der Waals surface area contributed by atoms with Crippen molar-refractivity contribution in [2.75, 3.05) is 40.9 Å². The molecule has 0 saturated heterocycles. The zero-order chi connectivity index (χ0) is 54.9. The largest absolute Gasteiger partial charge is 0.756 e. The highest BCUT2D eigenvalue weighted by Crippen LogP contribution is 2.38. The molecule has 3 atom stereocenters. The fraction of sp³-hybridized carbons (Fsp3) is 0.773. The summed E-state index contributed by atoms with van der Waals surface area (Å²) in [6, 6.07) is -0.814. The number of hydrogen-bond acceptors (Lipinski definition) is 6. The van der Waals surface area contributed by atoms with Crippen molar-refractivity contribution < 1.29 is 32.9 Å². The van der Waals surface area contributed by atoms with E-state index in [4.69, 9.17) is 9.05 Å². The standard InChI is InChI=1S/C66H121N2O6P/c1-6-8-10-12-14-16-18-20-22-24-26-28-30-32-33-34-35-36-38-40-42-44-46-48-50-52-54-56-58-60-66(70)67-64(63-74-75(71,72)73-62-61-68(3,4)5)65(69)59-57-55-53-51-49-47-45-43-41-39-37-31-29-27-25-23-21-19-17-15-13-11-9-7-2/h8,10,14,16,20,22,26,28,32-33,35-36,40,42,64-65,69H,6-7,9,11-13,15,17-19,21,23-25,27,29-31,34,37-39,41,43-63H2,1-5H3,(H-,67,70,71,72)/b10-8-,16-14-,22-20-,28-26-,33-32-,36-35-,42-40-. The molecule has 0 radical (unpaired) electrons. The van der Waals surface area contributed by atoms with Gasteiger partial charge in [-0.15, -0.1) is 0 Å². The fourth-order valence-corrected chi connectivity index (χ4v) is 9.75. The van der Waals surface area contributed by atoms with Crippen molar-refractivity contribution in [3.05, 3.63) is 85.1 Å². The van der Waals surface area contributed by atoms with Gasteiger partial charge in [0.25, 0.3) is 7.82 Å². The predicted molar refractivity (Wildman–Crippen MR) is 325 cm³/mol. The summed E-state index contributed by atoms with van der Waals surface area (Å²) >= 11 is 0. The summed E-state index contributed by atoms with van der Waals surface area (Å²) in [5.41, 5.74) is 0. The van der Waals surface area contributed by atoms with Gasteiger partial charge in [-0.3, -0.25) is 9.36 Å². The lowest BCUT2D eigenvalue weighted by Gasteiger charge is -2.30. The first-order valence-corrected chi connectivity index (χ1v) is 32.9. The number of hydrogen-bond donors (Lipinski definition) is 2. The van der Waals surface area contributed by atoms with E-state index < -0.39 is 20.0 Å². The Hall–Kier alpha value is -2.32. The number of phosphoric ester groups is 1. The molecular weight excluding hydrogens is 948 g/mol. The van der Waals surface area contributed by atoms with E-state index in [2.05, 4.69) is 104 Å². The Balaban J connectivity index is 4.18. The van der Waals surface area contributed by atoms with E-state index in [-0.39, 0.29) is 19.1 Å². The quantitative estimate of drug-likeness (QED) is 0.0272. The van der Waals surface area contributed by atoms with E-state index in [0.29, 0.717) is 23.9 Å². The topological polar surface area (TPSA) is 108 Å². The van der Waals surface area contributed by atoms with Crippen LogP contribution in [0, 0.1) is 0 Å². The summed E-state index contributed by atoms with van der Waals surface area (Å²) < 4.78 is 23.5. The highest BCUT2D eigenvalue weighted by atomic mass is 31.2. The Morgan fingerprint density at radius 1 is 0.480 bits per heavy atom. The molecule has 0 rings (SSSR count). The van der Waals surface area contributed by atoms with Crippen LogP contribution in [0.3, 0.4) is 0 Å². The van der Waals surface area contributed by atoms with Gasteiger partial charge in [0, 0.05) is 6.42 Å². The molecule has 0 fully saturated rings. The molecule has 0 saturated carbocycles. The molecule has 8 nitrogen and oxygen atoms in total. The number of carbonyl (C=O) groups is 1. The molecule has 0 aliphatic rings. The number of allylic oxidation sites excluding steroid dienone is 14. The maximum Gasteiger partial charge on any atom is 0.268 e. The Kier molecular flexibility index (Phi) is 54.7. The number of quaternary nitrogens is 1. The average Bonchev–Trinajstić information content (AvgIpc) is 3.37. The number of unbranched alkanes of at least 4 members (excludes halogenated alkanes) is 30. The Morgan fingerprint density at radius 2 is 0.813 bits per heavy atom. The number of phosphoric acid groups is 1. The molecule has 0 aliphatic carbocycles. The molecule has 436 valence electrons. The number of nitrogens with zero attached hydrogens (tertiary/aromatic N) is 1. The van der Waals surface area contributed by atoms with Gasteiger partial charge in [0.15, 0.2) is 0 Å². The first-order chi connectivity index (χ1) is 36.5. The summed E-state index contributed by atoms with van der Waals surface area (Å²) in [6.07, 6.45) is 79.1. The number of aliphatic hydroxyl groups excluding tert-OH is 1. The van der Waals surface area contributed by atoms with Crippen molar-refractivity contribution in [2.24, 2.45) is 0 Å². The first kappa shape index (κ1) is 72.7. The smallest absolute Gasteiger partial charge is 0.268 e. The molecule has 3 unspecified atom stereocenters. The van der Waals surface area contributed by atoms with Crippen LogP contribution in [0.5, 0.6) is 0 Å². The van der Waals surface area contributed by atoms with Crippen molar-refractivity contribution in [3.63, 3.8) is 0 Å². The monoisotopic (exact) mass is 1070 g/mol. The van der Waals surface area contributed by atoms with Crippen molar-refractivity contribution in [2.45, 2.75) is 289 Å². The highest BCUT2D eigenvalue weighted by Gasteiger charge is 2.24. The maximum absolute atomic E-state index is 13.0. The number of likely N-dealkylation sites (N-methyl/N-ethyl adjacent to an activating group) is 1. The molecule has 0 aliphatic heterocycles. The lowest BCUT2D eigenvalue weighted by molar-refractivity contribution is -0.870. The summed E-state index contributed by atoms with van der Waals surface area (Å²) in [7, 11) is 1.29. The molecule has 0 heterocycles. The molecule has 0 aromatic heterocycles. The number of carbonyl (C=O) groups excluding carboxylic acids is 1. The van der Waals surface area contributed by atoms with Crippen molar-refractivity contribution >= 4 is 13.7 Å². The van der Waals surface area contributed by atoms with Gasteiger partial charge in [0.1, 0.15) is 13.2 Å². The SMILES string of the molecule is CC/C=C\C/C=C\C/C=C\C/C=C\C/C=C\C/C=C\C/C=C\CCCCCCCCCC(=O)NC(COP(=O)([O-])OCC[N+](C)(C)C)C(O)CCCCCCCCCCCCCCCCCCCCCCCCCC. The lowest BCUT2D eigenvalue weighted by Crippen LogP contribution is -2.46. The van der Waals surface area contributed by atoms with E-state index >= 15 is 0 Å². The van der Waals surface area contributed by atoms with Gasteiger partial charge < -0.3 is 28.8 Å². The van der Waals surface area contributed by atoms with Crippen LogP contribution < -0.4 is 10.2 Å². The van der Waals surface area contributed by atoms with Crippen LogP contribution in [0.2, 0.25) is 0 Å². The first-order valence-electron chi connectivity index (χ1n) is 31.4. The Morgan fingerprint density at radius 3 is 1.19 bits per heavy atom. The van der Waals surface area contributed by atoms with Crippen LogP contribution in [0.25, 0.3) is 0 Å². The minimum Gasteiger partial charge on any atom is -0.756 e. The van der Waals surface area contributed by atoms with Gasteiger partial charge in [-0.2, -0.15) is 0 Å². The number of amides is 1. The molecule has 2 N–H and O–H groups in total. The zero-order valence-corrected chi connectivity index (χ0v) is 50.6. The van der Waals surface area contributed by atoms with Crippen LogP contribution in [0.4, 0.5) is 0 Å². The van der Waals surface area contributed by atoms with Crippen molar-refractivity contribution in [1.29, 1.82) is 0 Å². The van der Waals surface area contributed by atoms with Crippen LogP contribution in [0.1, 0.15) is 277 Å². The third-order valence-corrected chi connectivity index (χ3v) is 14.9. The molecule has 0 bridgehead atoms. The maximum atomic E-state index is 13.0. The van der Waals surface area contributed by atoms with Crippen LogP contribution in [-0.2, 0) is 18.4 Å². The average molecular weight is 1070 g/mol. The predicted octanol–water partition coefficient (Wildman–Crippen LogP) is 19.0. The van der Waals surface area contributed by atoms with Gasteiger partial charge in [0.05, 0.1) is 39.9 Å². The van der Waals surface area contributed by atoms with Gasteiger partial charge in [-0.25, -0.2) is 0 Å². The minimum absolute atomic E-state index is 0.00612. The van der Waals surface area contributed by atoms with Gasteiger partial charge >= 0.3 is 0 Å². The second-order valence-electron chi connectivity index (χ2n) is 22.4. The molecule has 0 aromatic carbocycles. The van der Waals surface area contributed by atoms with Gasteiger partial charge in [-0.05, 0) is 70.6 Å². The Labute approximate surface area is 465 Å². The second-order valence-corrected chi connectivity index (χ2v) is 23.8. The normalized spacial score (nSPS) is 14.4. The third-order valence-electron chi connectivity index (χ3n) is 13.9. The Bertz CT molecular complexity index is 1500. The fourth-order valence-electron chi connectivity index (χ4n) is 9.02. The summed E-state index contributed by atoms with van der Waals surface area (Å²) in [5, 5.41) is 14.1. The highest BCUT2D eigenvalue weighted by molar-refractivity contribution is 7.45. The van der Waals surface area contributed by atoms with Crippen molar-refractivity contribution in [3.8, 4) is 0 Å². The molecule has 1 amide bonds. The van der Waals surface area contributed by atoms with Crippen molar-refractivity contribution in [1.82, 2.24) is 5.32 Å². The molecule has 0 aromatic rings. The van der Waals surface area contributed by atoms with E-state index in [1.54, 1.807) is 0 Å². The summed E-state index contributed by atoms with van der Waals surface area (Å²) in [4.78, 5) is 25.6. The zero-order valence-electron chi connectivity index (χ0n) is 49.7. The number of rotatable bonds is 57. The van der Waals surface area contributed by atoms with Crippen LogP contribution in [-0.4, -0.2) is 68.5 Å². The summed E-state index contributed by atoms with van der Waals surface area (Å²) in [6.45, 7) is 4.62. The van der Waals surface area contributed by atoms with Gasteiger partial charge in [-0.1, -0.05) is 285 Å². The molecule has 9 heteroatoms. The van der Waals surface area contributed by atoms with E-state index in [1.807, 2.05) is 21.1 Å². The second kappa shape index (κ2) is 56.4. The molecular formula is C66H121N2O6P. The minimum atomic E-state index is -4.59.